The van der Waals surface area contributed by atoms with Crippen molar-refractivity contribution in [3.63, 3.8) is 0 Å². The van der Waals surface area contributed by atoms with Crippen molar-refractivity contribution in [2.24, 2.45) is 5.92 Å². The Balaban J connectivity index is 1.42. The number of hydrogen-bond donors (Lipinski definition) is 1. The lowest BCUT2D eigenvalue weighted by atomic mass is 9.83. The van der Waals surface area contributed by atoms with Gasteiger partial charge in [0, 0.05) is 19.1 Å². The van der Waals surface area contributed by atoms with Crippen molar-refractivity contribution in [3.05, 3.63) is 0 Å². The largest absolute Gasteiger partial charge is 0.313 e. The second-order valence-corrected chi connectivity index (χ2v) is 5.12. The fourth-order valence-electron chi connectivity index (χ4n) is 2.04. The molecule has 0 radical (unpaired) electrons. The topological polar surface area (TPSA) is 15.3 Å². The molecule has 82 valence electrons. The van der Waals surface area contributed by atoms with Crippen LogP contribution < -0.4 is 5.32 Å². The third-order valence-electron chi connectivity index (χ3n) is 3.65. The molecular weight excluding hydrogens is 172 g/mol. The number of nitrogens with zero attached hydrogens (tertiary/aromatic N) is 1. The molecule has 2 fully saturated rings. The van der Waals surface area contributed by atoms with E-state index in [1.165, 1.54) is 58.2 Å². The maximum Gasteiger partial charge on any atom is 0.0104 e. The maximum absolute atomic E-state index is 3.56. The molecule has 0 aromatic heterocycles. The van der Waals surface area contributed by atoms with Crippen molar-refractivity contribution in [1.29, 1.82) is 0 Å². The molecule has 0 heterocycles. The van der Waals surface area contributed by atoms with Crippen LogP contribution in [0.25, 0.3) is 0 Å². The Morgan fingerprint density at radius 3 is 2.50 bits per heavy atom. The molecule has 1 N–H and O–H groups in total. The third kappa shape index (κ3) is 3.58. The van der Waals surface area contributed by atoms with Gasteiger partial charge < -0.3 is 10.2 Å². The van der Waals surface area contributed by atoms with E-state index in [2.05, 4.69) is 17.3 Å². The zero-order chi connectivity index (χ0) is 9.80. The summed E-state index contributed by atoms with van der Waals surface area (Å²) in [7, 11) is 2.26. The maximum atomic E-state index is 3.56. The summed E-state index contributed by atoms with van der Waals surface area (Å²) in [5.41, 5.74) is 0. The summed E-state index contributed by atoms with van der Waals surface area (Å²) < 4.78 is 0. The van der Waals surface area contributed by atoms with E-state index < -0.39 is 0 Å². The summed E-state index contributed by atoms with van der Waals surface area (Å²) in [5, 5.41) is 3.56. The van der Waals surface area contributed by atoms with Gasteiger partial charge in [-0.05, 0) is 38.8 Å². The highest BCUT2D eigenvalue weighted by Gasteiger charge is 2.20. The second kappa shape index (κ2) is 5.13. The minimum atomic E-state index is 0.870. The Kier molecular flexibility index (Phi) is 3.82. The van der Waals surface area contributed by atoms with Crippen LogP contribution in [0.1, 0.15) is 38.5 Å². The number of rotatable bonds is 7. The van der Waals surface area contributed by atoms with E-state index in [1.54, 1.807) is 0 Å². The van der Waals surface area contributed by atoms with Gasteiger partial charge in [0.2, 0.25) is 0 Å². The highest BCUT2D eigenvalue weighted by molar-refractivity contribution is 4.81. The Hall–Kier alpha value is -0.0800. The molecule has 0 aromatic carbocycles. The summed E-state index contributed by atoms with van der Waals surface area (Å²) in [5.74, 6) is 1.06. The summed E-state index contributed by atoms with van der Waals surface area (Å²) in [6, 6.07) is 0.870. The van der Waals surface area contributed by atoms with Gasteiger partial charge in [-0.2, -0.15) is 0 Å². The van der Waals surface area contributed by atoms with E-state index >= 15 is 0 Å². The quantitative estimate of drug-likeness (QED) is 0.668. The fraction of sp³-hybridized carbons (Fsp3) is 1.00. The summed E-state index contributed by atoms with van der Waals surface area (Å²) >= 11 is 0. The highest BCUT2D eigenvalue weighted by Crippen LogP contribution is 2.29. The molecule has 0 amide bonds. The Bertz CT molecular complexity index is 162. The minimum Gasteiger partial charge on any atom is -0.313 e. The van der Waals surface area contributed by atoms with Gasteiger partial charge in [-0.1, -0.05) is 19.3 Å². The molecule has 14 heavy (non-hydrogen) atoms. The minimum absolute atomic E-state index is 0.870. The molecule has 0 spiro atoms. The van der Waals surface area contributed by atoms with Gasteiger partial charge in [0.1, 0.15) is 0 Å². The third-order valence-corrected chi connectivity index (χ3v) is 3.65. The van der Waals surface area contributed by atoms with Crippen LogP contribution in [-0.4, -0.2) is 37.6 Å². The van der Waals surface area contributed by atoms with Crippen molar-refractivity contribution in [3.8, 4) is 0 Å². The smallest absolute Gasteiger partial charge is 0.0104 e. The van der Waals surface area contributed by atoms with E-state index in [4.69, 9.17) is 0 Å². The van der Waals surface area contributed by atoms with E-state index in [0.29, 0.717) is 0 Å². The zero-order valence-corrected chi connectivity index (χ0v) is 9.47. The molecule has 0 bridgehead atoms. The zero-order valence-electron chi connectivity index (χ0n) is 9.47. The molecule has 0 atom stereocenters. The molecule has 2 aliphatic carbocycles. The molecule has 2 aliphatic rings. The molecule has 2 saturated carbocycles. The predicted octanol–water partition coefficient (Wildman–Crippen LogP) is 1.86. The van der Waals surface area contributed by atoms with Gasteiger partial charge in [-0.3, -0.25) is 0 Å². The molecule has 2 heteroatoms. The lowest BCUT2D eigenvalue weighted by Gasteiger charge is -2.27. The van der Waals surface area contributed by atoms with Crippen LogP contribution in [0.4, 0.5) is 0 Å². The van der Waals surface area contributed by atoms with E-state index in [9.17, 15) is 0 Å². The first-order valence-electron chi connectivity index (χ1n) is 6.26. The van der Waals surface area contributed by atoms with Gasteiger partial charge in [-0.25, -0.2) is 0 Å². The summed E-state index contributed by atoms with van der Waals surface area (Å²) in [6.45, 7) is 3.71. The van der Waals surface area contributed by atoms with Crippen LogP contribution in [0, 0.1) is 5.92 Å². The van der Waals surface area contributed by atoms with Gasteiger partial charge in [0.05, 0.1) is 0 Å². The fourth-order valence-corrected chi connectivity index (χ4v) is 2.04. The lowest BCUT2D eigenvalue weighted by molar-refractivity contribution is 0.239. The van der Waals surface area contributed by atoms with Gasteiger partial charge in [0.25, 0.3) is 0 Å². The molecule has 0 saturated heterocycles. The molecule has 2 rings (SSSR count). The first-order valence-corrected chi connectivity index (χ1v) is 6.26. The van der Waals surface area contributed by atoms with E-state index in [1.807, 2.05) is 0 Å². The average Bonchev–Trinajstić information content (AvgIpc) is 2.85. The van der Waals surface area contributed by atoms with Crippen molar-refractivity contribution < 1.29 is 0 Å². The summed E-state index contributed by atoms with van der Waals surface area (Å²) in [6.07, 6.45) is 8.72. The normalized spacial score (nSPS) is 22.7. The number of likely N-dealkylation sites (N-methyl/N-ethyl adjacent to an activating group) is 1. The van der Waals surface area contributed by atoms with Crippen molar-refractivity contribution in [1.82, 2.24) is 10.2 Å². The van der Waals surface area contributed by atoms with Crippen molar-refractivity contribution >= 4 is 0 Å². The predicted molar refractivity (Wildman–Crippen MR) is 60.5 cm³/mol. The van der Waals surface area contributed by atoms with Crippen molar-refractivity contribution in [2.45, 2.75) is 44.6 Å². The van der Waals surface area contributed by atoms with Crippen LogP contribution in [0.2, 0.25) is 0 Å². The summed E-state index contributed by atoms with van der Waals surface area (Å²) in [4.78, 5) is 2.48. The first-order chi connectivity index (χ1) is 6.84. The van der Waals surface area contributed by atoms with Gasteiger partial charge in [-0.15, -0.1) is 0 Å². The first kappa shape index (κ1) is 10.4. The van der Waals surface area contributed by atoms with E-state index in [-0.39, 0.29) is 0 Å². The van der Waals surface area contributed by atoms with Gasteiger partial charge >= 0.3 is 0 Å². The van der Waals surface area contributed by atoms with Crippen molar-refractivity contribution in [2.75, 3.05) is 26.7 Å². The SMILES string of the molecule is CN(CCNC1CC1)CCC1CCC1. The van der Waals surface area contributed by atoms with Crippen LogP contribution >= 0.6 is 0 Å². The lowest BCUT2D eigenvalue weighted by Crippen LogP contribution is -2.32. The molecule has 0 unspecified atom stereocenters. The highest BCUT2D eigenvalue weighted by atomic mass is 15.1. The van der Waals surface area contributed by atoms with E-state index in [0.717, 1.165) is 12.0 Å². The van der Waals surface area contributed by atoms with Crippen LogP contribution in [-0.2, 0) is 0 Å². The van der Waals surface area contributed by atoms with Crippen LogP contribution in [0.3, 0.4) is 0 Å². The van der Waals surface area contributed by atoms with Gasteiger partial charge in [0.15, 0.2) is 0 Å². The Morgan fingerprint density at radius 1 is 1.14 bits per heavy atom. The Labute approximate surface area is 88.1 Å². The molecule has 0 aromatic rings. The second-order valence-electron chi connectivity index (χ2n) is 5.12. The standard InChI is InChI=1S/C12H24N2/c1-14(9-7-11-3-2-4-11)10-8-13-12-5-6-12/h11-13H,2-10H2,1H3. The van der Waals surface area contributed by atoms with Crippen LogP contribution in [0.5, 0.6) is 0 Å². The Morgan fingerprint density at radius 2 is 1.93 bits per heavy atom. The number of hydrogen-bond acceptors (Lipinski definition) is 2. The average molecular weight is 196 g/mol. The molecule has 2 nitrogen and oxygen atoms in total. The number of nitrogens with one attached hydrogen (secondary N) is 1. The molecular formula is C12H24N2. The monoisotopic (exact) mass is 196 g/mol. The molecule has 0 aliphatic heterocycles. The van der Waals surface area contributed by atoms with Crippen LogP contribution in [0.15, 0.2) is 0 Å².